The number of amides is 1. The maximum Gasteiger partial charge on any atom is 0.231 e. The molecule has 7 heteroatoms. The van der Waals surface area contributed by atoms with Crippen LogP contribution < -0.4 is 24.8 Å². The lowest BCUT2D eigenvalue weighted by atomic mass is 9.85. The van der Waals surface area contributed by atoms with Gasteiger partial charge in [-0.15, -0.1) is 0 Å². The molecule has 3 aliphatic rings. The predicted octanol–water partition coefficient (Wildman–Crippen LogP) is 3.23. The van der Waals surface area contributed by atoms with Crippen LogP contribution in [0, 0.1) is 6.92 Å². The lowest BCUT2D eigenvalue weighted by Crippen LogP contribution is -2.53. The topological polar surface area (TPSA) is 89.1 Å². The molecule has 0 saturated heterocycles. The van der Waals surface area contributed by atoms with Crippen LogP contribution in [0.3, 0.4) is 0 Å². The monoisotopic (exact) mass is 424 g/mol. The van der Waals surface area contributed by atoms with Crippen LogP contribution in [0.15, 0.2) is 30.3 Å². The molecule has 2 unspecified atom stereocenters. The number of aryl methyl sites for hydroxylation is 1. The van der Waals surface area contributed by atoms with Crippen molar-refractivity contribution in [1.82, 2.24) is 5.32 Å². The minimum atomic E-state index is -0.698. The summed E-state index contributed by atoms with van der Waals surface area (Å²) in [4.78, 5) is 12.8. The molecule has 1 saturated carbocycles. The maximum absolute atomic E-state index is 12.8. The number of carbonyl (C=O) groups excluding carboxylic acids is 1. The molecule has 5 rings (SSSR count). The Kier molecular flexibility index (Phi) is 4.83. The summed E-state index contributed by atoms with van der Waals surface area (Å²) in [5.41, 5.74) is 2.67. The molecule has 1 fully saturated rings. The molecule has 31 heavy (non-hydrogen) atoms. The minimum absolute atomic E-state index is 0.119. The Bertz CT molecular complexity index is 1030. The Hall–Kier alpha value is -2.77. The third-order valence-electron chi connectivity index (χ3n) is 6.16. The normalized spacial score (nSPS) is 23.1. The largest absolute Gasteiger partial charge is 0.485 e. The number of ether oxygens (including phenoxy) is 3. The van der Waals surface area contributed by atoms with Crippen LogP contribution >= 0.6 is 0 Å². The fourth-order valence-corrected chi connectivity index (χ4v) is 4.20. The number of rotatable bonds is 5. The molecule has 1 aliphatic carbocycles. The summed E-state index contributed by atoms with van der Waals surface area (Å²) in [6.45, 7) is 5.96. The Morgan fingerprint density at radius 2 is 1.90 bits per heavy atom. The fourth-order valence-electron chi connectivity index (χ4n) is 4.20. The number of benzene rings is 2. The van der Waals surface area contributed by atoms with Crippen molar-refractivity contribution in [2.45, 2.75) is 63.8 Å². The third kappa shape index (κ3) is 3.95. The van der Waals surface area contributed by atoms with Gasteiger partial charge in [-0.3, -0.25) is 4.79 Å². The van der Waals surface area contributed by atoms with Crippen LogP contribution in [0.4, 0.5) is 5.69 Å². The SMILES string of the molecule is Cc1cc2c(cc1NC(=O)Cc1ccc3c(c1)OCO3)C(NC1CC1)C(O)C(C)(C)O2. The first-order valence-corrected chi connectivity index (χ1v) is 10.8. The van der Waals surface area contributed by atoms with Crippen molar-refractivity contribution in [2.75, 3.05) is 12.1 Å². The van der Waals surface area contributed by atoms with E-state index in [1.54, 1.807) is 0 Å². The second-order valence-corrected chi connectivity index (χ2v) is 9.19. The van der Waals surface area contributed by atoms with Crippen molar-refractivity contribution in [3.05, 3.63) is 47.0 Å². The summed E-state index contributed by atoms with van der Waals surface area (Å²) >= 11 is 0. The van der Waals surface area contributed by atoms with Crippen molar-refractivity contribution in [3.8, 4) is 17.2 Å². The molecular weight excluding hydrogens is 396 g/mol. The van der Waals surface area contributed by atoms with E-state index in [2.05, 4.69) is 10.6 Å². The van der Waals surface area contributed by atoms with Crippen molar-refractivity contribution in [1.29, 1.82) is 0 Å². The van der Waals surface area contributed by atoms with E-state index in [9.17, 15) is 9.90 Å². The highest BCUT2D eigenvalue weighted by molar-refractivity contribution is 5.93. The summed E-state index contributed by atoms with van der Waals surface area (Å²) < 4.78 is 16.8. The van der Waals surface area contributed by atoms with Crippen molar-refractivity contribution >= 4 is 11.6 Å². The van der Waals surface area contributed by atoms with E-state index < -0.39 is 11.7 Å². The number of aliphatic hydroxyl groups is 1. The van der Waals surface area contributed by atoms with Crippen LogP contribution in [0.5, 0.6) is 17.2 Å². The van der Waals surface area contributed by atoms with Gasteiger partial charge in [0.2, 0.25) is 12.7 Å². The molecule has 3 N–H and O–H groups in total. The number of fused-ring (bicyclic) bond motifs is 2. The summed E-state index contributed by atoms with van der Waals surface area (Å²) in [5, 5.41) is 17.5. The van der Waals surface area contributed by atoms with Crippen LogP contribution in [0.1, 0.15) is 49.4 Å². The van der Waals surface area contributed by atoms with Crippen molar-refractivity contribution in [2.24, 2.45) is 0 Å². The van der Waals surface area contributed by atoms with Crippen molar-refractivity contribution in [3.63, 3.8) is 0 Å². The van der Waals surface area contributed by atoms with Gasteiger partial charge in [0.05, 0.1) is 12.5 Å². The van der Waals surface area contributed by atoms with E-state index in [1.165, 1.54) is 0 Å². The highest BCUT2D eigenvalue weighted by Gasteiger charge is 2.44. The smallest absolute Gasteiger partial charge is 0.231 e. The average molecular weight is 424 g/mol. The first-order chi connectivity index (χ1) is 14.8. The summed E-state index contributed by atoms with van der Waals surface area (Å²) in [5.74, 6) is 1.99. The molecule has 0 bridgehead atoms. The second kappa shape index (κ2) is 7.43. The van der Waals surface area contributed by atoms with Crippen LogP contribution in [-0.2, 0) is 11.2 Å². The highest BCUT2D eigenvalue weighted by Crippen LogP contribution is 2.43. The van der Waals surface area contributed by atoms with Crippen LogP contribution in [0.2, 0.25) is 0 Å². The van der Waals surface area contributed by atoms with Gasteiger partial charge in [-0.1, -0.05) is 6.07 Å². The van der Waals surface area contributed by atoms with Gasteiger partial charge >= 0.3 is 0 Å². The van der Waals surface area contributed by atoms with Gasteiger partial charge in [0.25, 0.3) is 0 Å². The van der Waals surface area contributed by atoms with Gasteiger partial charge in [-0.05, 0) is 69.0 Å². The summed E-state index contributed by atoms with van der Waals surface area (Å²) in [6.07, 6.45) is 1.76. The Balaban J connectivity index is 1.37. The molecule has 0 spiro atoms. The van der Waals surface area contributed by atoms with E-state index in [-0.39, 0.29) is 25.2 Å². The first kappa shape index (κ1) is 20.2. The third-order valence-corrected chi connectivity index (χ3v) is 6.16. The van der Waals surface area contributed by atoms with Gasteiger partial charge in [-0.2, -0.15) is 0 Å². The Morgan fingerprint density at radius 3 is 2.68 bits per heavy atom. The van der Waals surface area contributed by atoms with E-state index in [1.807, 2.05) is 51.1 Å². The molecule has 2 heterocycles. The van der Waals surface area contributed by atoms with E-state index >= 15 is 0 Å². The minimum Gasteiger partial charge on any atom is -0.485 e. The van der Waals surface area contributed by atoms with Gasteiger partial charge in [0, 0.05) is 17.3 Å². The number of aliphatic hydroxyl groups excluding tert-OH is 1. The van der Waals surface area contributed by atoms with E-state index in [0.717, 1.165) is 41.0 Å². The molecule has 2 aromatic rings. The molecule has 2 aliphatic heterocycles. The predicted molar refractivity (Wildman–Crippen MR) is 116 cm³/mol. The highest BCUT2D eigenvalue weighted by atomic mass is 16.7. The van der Waals surface area contributed by atoms with E-state index in [0.29, 0.717) is 17.5 Å². The second-order valence-electron chi connectivity index (χ2n) is 9.19. The number of nitrogens with one attached hydrogen (secondary N) is 2. The van der Waals surface area contributed by atoms with Crippen LogP contribution in [0.25, 0.3) is 0 Å². The molecule has 0 aromatic heterocycles. The molecular formula is C24H28N2O5. The number of hydrogen-bond acceptors (Lipinski definition) is 6. The zero-order valence-electron chi connectivity index (χ0n) is 18.0. The Labute approximate surface area is 181 Å². The summed E-state index contributed by atoms with van der Waals surface area (Å²) in [6, 6.07) is 9.59. The number of carbonyl (C=O) groups is 1. The Morgan fingerprint density at radius 1 is 1.13 bits per heavy atom. The maximum atomic E-state index is 12.8. The lowest BCUT2D eigenvalue weighted by molar-refractivity contribution is -0.115. The van der Waals surface area contributed by atoms with Gasteiger partial charge in [-0.25, -0.2) is 0 Å². The standard InChI is InChI=1S/C24H28N2O5/c1-13-8-19-16(22(25-15-5-6-15)23(28)24(2,3)31-19)11-17(13)26-21(27)10-14-4-7-18-20(9-14)30-12-29-18/h4,7-9,11,15,22-23,25,28H,5-6,10,12H2,1-3H3,(H,26,27). The molecule has 7 nitrogen and oxygen atoms in total. The average Bonchev–Trinajstić information content (AvgIpc) is 3.41. The molecule has 164 valence electrons. The van der Waals surface area contributed by atoms with Crippen molar-refractivity contribution < 1.29 is 24.1 Å². The quantitative estimate of drug-likeness (QED) is 0.683. The zero-order chi connectivity index (χ0) is 21.8. The first-order valence-electron chi connectivity index (χ1n) is 10.8. The van der Waals surface area contributed by atoms with E-state index in [4.69, 9.17) is 14.2 Å². The van der Waals surface area contributed by atoms with Gasteiger partial charge in [0.15, 0.2) is 11.5 Å². The fraction of sp³-hybridized carbons (Fsp3) is 0.458. The molecule has 0 radical (unpaired) electrons. The molecule has 2 aromatic carbocycles. The zero-order valence-corrected chi connectivity index (χ0v) is 18.0. The summed E-state index contributed by atoms with van der Waals surface area (Å²) in [7, 11) is 0. The number of anilines is 1. The number of hydrogen-bond donors (Lipinski definition) is 3. The van der Waals surface area contributed by atoms with Crippen LogP contribution in [-0.4, -0.2) is 35.6 Å². The van der Waals surface area contributed by atoms with Gasteiger partial charge in [0.1, 0.15) is 17.5 Å². The molecule has 1 amide bonds. The lowest BCUT2D eigenvalue weighted by Gasteiger charge is -2.43. The molecule has 2 atom stereocenters. The van der Waals surface area contributed by atoms with Gasteiger partial charge < -0.3 is 30.0 Å².